The number of hydrogen-bond donors (Lipinski definition) is 1. The summed E-state index contributed by atoms with van der Waals surface area (Å²) in [6.45, 7) is 9.02. The first-order valence-electron chi connectivity index (χ1n) is 7.32. The average Bonchev–Trinajstić information content (AvgIpc) is 3.14. The van der Waals surface area contributed by atoms with Crippen LogP contribution in [0.5, 0.6) is 0 Å². The van der Waals surface area contributed by atoms with Gasteiger partial charge in [0.15, 0.2) is 0 Å². The fraction of sp³-hybridized carbons (Fsp3) is 1.00. The first-order chi connectivity index (χ1) is 8.85. The molecule has 1 N–H and O–H groups in total. The number of likely N-dealkylation sites (N-methyl/N-ethyl adjacent to an activating group) is 1. The Bertz CT molecular complexity index is 408. The van der Waals surface area contributed by atoms with E-state index in [0.29, 0.717) is 11.8 Å². The predicted molar refractivity (Wildman–Crippen MR) is 77.1 cm³/mol. The van der Waals surface area contributed by atoms with Crippen LogP contribution in [0.4, 0.5) is 0 Å². The maximum Gasteiger partial charge on any atom is 0.279 e. The minimum atomic E-state index is -3.36. The zero-order valence-electron chi connectivity index (χ0n) is 12.5. The molecule has 1 saturated carbocycles. The van der Waals surface area contributed by atoms with Gasteiger partial charge in [-0.15, -0.1) is 0 Å². The molecule has 2 rings (SSSR count). The van der Waals surface area contributed by atoms with Gasteiger partial charge in [0, 0.05) is 32.2 Å². The van der Waals surface area contributed by atoms with Crippen molar-refractivity contribution in [2.75, 3.05) is 26.7 Å². The Morgan fingerprint density at radius 2 is 2.00 bits per heavy atom. The van der Waals surface area contributed by atoms with Crippen molar-refractivity contribution in [3.8, 4) is 0 Å². The SMILES string of the molecule is CCN1C[C@H](NS(=O)(=O)N(C)[C@@H](C)C2CC2)[C@@H](C)C1. The Hall–Kier alpha value is -0.170. The number of nitrogens with one attached hydrogen (secondary N) is 1. The van der Waals surface area contributed by atoms with Crippen LogP contribution in [0, 0.1) is 11.8 Å². The van der Waals surface area contributed by atoms with Crippen LogP contribution >= 0.6 is 0 Å². The molecule has 0 aromatic carbocycles. The summed E-state index contributed by atoms with van der Waals surface area (Å²) in [6, 6.07) is 0.148. The van der Waals surface area contributed by atoms with Gasteiger partial charge in [0.25, 0.3) is 10.2 Å². The van der Waals surface area contributed by atoms with Crippen molar-refractivity contribution >= 4 is 10.2 Å². The smallest absolute Gasteiger partial charge is 0.279 e. The lowest BCUT2D eigenvalue weighted by atomic mass is 10.1. The van der Waals surface area contributed by atoms with Gasteiger partial charge in [0.2, 0.25) is 0 Å². The van der Waals surface area contributed by atoms with Crippen LogP contribution in [-0.4, -0.2) is 56.4 Å². The molecule has 0 unspecified atom stereocenters. The highest BCUT2D eigenvalue weighted by Gasteiger charge is 2.38. The van der Waals surface area contributed by atoms with Gasteiger partial charge >= 0.3 is 0 Å². The van der Waals surface area contributed by atoms with Gasteiger partial charge < -0.3 is 4.90 Å². The van der Waals surface area contributed by atoms with Crippen LogP contribution < -0.4 is 4.72 Å². The zero-order valence-corrected chi connectivity index (χ0v) is 13.3. The number of likely N-dealkylation sites (tertiary alicyclic amines) is 1. The van der Waals surface area contributed by atoms with Crippen molar-refractivity contribution < 1.29 is 8.42 Å². The second-order valence-corrected chi connectivity index (χ2v) is 7.91. The monoisotopic (exact) mass is 289 g/mol. The molecule has 0 spiro atoms. The molecular weight excluding hydrogens is 262 g/mol. The summed E-state index contributed by atoms with van der Waals surface area (Å²) in [5.74, 6) is 0.925. The molecule has 0 radical (unpaired) electrons. The van der Waals surface area contributed by atoms with Crippen LogP contribution in [0.25, 0.3) is 0 Å². The minimum absolute atomic E-state index is 0.0406. The van der Waals surface area contributed by atoms with Crippen LogP contribution in [-0.2, 0) is 10.2 Å². The third-order valence-corrected chi connectivity index (χ3v) is 6.38. The first-order valence-corrected chi connectivity index (χ1v) is 8.76. The molecule has 1 saturated heterocycles. The summed E-state index contributed by atoms with van der Waals surface area (Å²) in [6.07, 6.45) is 2.31. The van der Waals surface area contributed by atoms with Crippen molar-refractivity contribution in [3.05, 3.63) is 0 Å². The fourth-order valence-corrected chi connectivity index (χ4v) is 4.31. The normalized spacial score (nSPS) is 31.0. The summed E-state index contributed by atoms with van der Waals surface area (Å²) in [5, 5.41) is 0. The largest absolute Gasteiger partial charge is 0.302 e. The summed E-state index contributed by atoms with van der Waals surface area (Å²) in [5.41, 5.74) is 0. The lowest BCUT2D eigenvalue weighted by Gasteiger charge is -2.27. The van der Waals surface area contributed by atoms with Gasteiger partial charge in [-0.2, -0.15) is 17.4 Å². The fourth-order valence-electron chi connectivity index (χ4n) is 2.85. The maximum absolute atomic E-state index is 12.4. The summed E-state index contributed by atoms with van der Waals surface area (Å²) >= 11 is 0. The van der Waals surface area contributed by atoms with E-state index in [1.165, 1.54) is 4.31 Å². The molecule has 0 aromatic rings. The van der Waals surface area contributed by atoms with E-state index in [9.17, 15) is 8.42 Å². The lowest BCUT2D eigenvalue weighted by Crippen LogP contribution is -2.49. The molecule has 1 heterocycles. The molecule has 19 heavy (non-hydrogen) atoms. The molecule has 0 amide bonds. The van der Waals surface area contributed by atoms with E-state index in [1.807, 2.05) is 6.92 Å². The van der Waals surface area contributed by atoms with Gasteiger partial charge in [-0.1, -0.05) is 13.8 Å². The third-order valence-electron chi connectivity index (χ3n) is 4.69. The zero-order chi connectivity index (χ0) is 14.2. The number of hydrogen-bond acceptors (Lipinski definition) is 3. The van der Waals surface area contributed by atoms with Gasteiger partial charge in [0.05, 0.1) is 0 Å². The molecule has 1 aliphatic heterocycles. The Kier molecular flexibility index (Phi) is 4.55. The summed E-state index contributed by atoms with van der Waals surface area (Å²) in [4.78, 5) is 2.29. The van der Waals surface area contributed by atoms with E-state index in [4.69, 9.17) is 0 Å². The van der Waals surface area contributed by atoms with E-state index in [-0.39, 0.29) is 12.1 Å². The highest BCUT2D eigenvalue weighted by molar-refractivity contribution is 7.87. The molecule has 1 aliphatic carbocycles. The molecule has 6 heteroatoms. The maximum atomic E-state index is 12.4. The van der Waals surface area contributed by atoms with Crippen LogP contribution in [0.2, 0.25) is 0 Å². The van der Waals surface area contributed by atoms with Crippen LogP contribution in [0.15, 0.2) is 0 Å². The van der Waals surface area contributed by atoms with Gasteiger partial charge in [-0.25, -0.2) is 0 Å². The van der Waals surface area contributed by atoms with E-state index in [0.717, 1.165) is 32.5 Å². The van der Waals surface area contributed by atoms with Gasteiger partial charge in [-0.3, -0.25) is 0 Å². The molecule has 0 bridgehead atoms. The van der Waals surface area contributed by atoms with Crippen LogP contribution in [0.3, 0.4) is 0 Å². The highest BCUT2D eigenvalue weighted by Crippen LogP contribution is 2.35. The number of rotatable bonds is 6. The second-order valence-electron chi connectivity index (χ2n) is 6.15. The van der Waals surface area contributed by atoms with Crippen molar-refractivity contribution in [1.29, 1.82) is 0 Å². The first kappa shape index (κ1) is 15.2. The quantitative estimate of drug-likeness (QED) is 0.790. The van der Waals surface area contributed by atoms with Crippen LogP contribution in [0.1, 0.15) is 33.6 Å². The van der Waals surface area contributed by atoms with Crippen molar-refractivity contribution in [3.63, 3.8) is 0 Å². The van der Waals surface area contributed by atoms with E-state index < -0.39 is 10.2 Å². The Morgan fingerprint density at radius 3 is 2.47 bits per heavy atom. The molecule has 112 valence electrons. The molecule has 2 aliphatic rings. The Balaban J connectivity index is 1.96. The molecule has 0 aromatic heterocycles. The predicted octanol–water partition coefficient (Wildman–Crippen LogP) is 0.891. The Morgan fingerprint density at radius 1 is 1.37 bits per heavy atom. The minimum Gasteiger partial charge on any atom is -0.302 e. The molecule has 5 nitrogen and oxygen atoms in total. The Labute approximate surface area is 117 Å². The topological polar surface area (TPSA) is 52.7 Å². The van der Waals surface area contributed by atoms with Gasteiger partial charge in [-0.05, 0) is 38.1 Å². The van der Waals surface area contributed by atoms with Crippen molar-refractivity contribution in [2.45, 2.75) is 45.7 Å². The van der Waals surface area contributed by atoms with E-state index in [2.05, 4.69) is 23.5 Å². The van der Waals surface area contributed by atoms with Crippen molar-refractivity contribution in [1.82, 2.24) is 13.9 Å². The highest BCUT2D eigenvalue weighted by atomic mass is 32.2. The summed E-state index contributed by atoms with van der Waals surface area (Å²) < 4.78 is 29.2. The van der Waals surface area contributed by atoms with Gasteiger partial charge in [0.1, 0.15) is 0 Å². The lowest BCUT2D eigenvalue weighted by molar-refractivity contribution is 0.337. The van der Waals surface area contributed by atoms with E-state index >= 15 is 0 Å². The second kappa shape index (κ2) is 5.68. The molecular formula is C13H27N3O2S. The number of nitrogens with zero attached hydrogens (tertiary/aromatic N) is 2. The standard InChI is InChI=1S/C13H27N3O2S/c1-5-16-8-10(2)13(9-16)14-19(17,18)15(4)11(3)12-6-7-12/h10-14H,5-9H2,1-4H3/t10-,11-,13-/m0/s1. The van der Waals surface area contributed by atoms with Crippen molar-refractivity contribution in [2.24, 2.45) is 11.8 Å². The average molecular weight is 289 g/mol. The third kappa shape index (κ3) is 3.48. The van der Waals surface area contributed by atoms with E-state index in [1.54, 1.807) is 7.05 Å². The molecule has 3 atom stereocenters. The molecule has 2 fully saturated rings. The summed E-state index contributed by atoms with van der Waals surface area (Å²) in [7, 11) is -1.66.